The first kappa shape index (κ1) is 23.1. The summed E-state index contributed by atoms with van der Waals surface area (Å²) in [4.78, 5) is 18.0. The summed E-state index contributed by atoms with van der Waals surface area (Å²) in [6.45, 7) is -1.16. The molecule has 7 nitrogen and oxygen atoms in total. The Morgan fingerprint density at radius 2 is 1.81 bits per heavy atom. The van der Waals surface area contributed by atoms with Crippen LogP contribution in [0.25, 0.3) is 10.9 Å². The average Bonchev–Trinajstić information content (AvgIpc) is 3.06. The van der Waals surface area contributed by atoms with Crippen LogP contribution in [0, 0.1) is 10.1 Å². The van der Waals surface area contributed by atoms with E-state index in [4.69, 9.17) is 0 Å². The van der Waals surface area contributed by atoms with Crippen LogP contribution < -0.4 is 0 Å². The Hall–Kier alpha value is -3.58. The molecule has 0 bridgehead atoms. The highest BCUT2D eigenvalue weighted by Gasteiger charge is 2.57. The molecular formula is C18H12F7N5O2. The summed E-state index contributed by atoms with van der Waals surface area (Å²) in [5.74, 6) is -8.38. The number of rotatable bonds is 6. The molecular weight excluding hydrogens is 451 g/mol. The smallest absolute Gasteiger partial charge is 0.258 e. The van der Waals surface area contributed by atoms with E-state index in [1.807, 2.05) is 0 Å². The Morgan fingerprint density at radius 1 is 1.12 bits per heavy atom. The maximum atomic E-state index is 13.4. The number of hydrogen-bond donors (Lipinski definition) is 0. The van der Waals surface area contributed by atoms with Gasteiger partial charge in [-0.05, 0) is 12.1 Å². The van der Waals surface area contributed by atoms with Gasteiger partial charge in [-0.15, -0.1) is 0 Å². The molecule has 2 aromatic heterocycles. The Bertz CT molecular complexity index is 1200. The van der Waals surface area contributed by atoms with Crippen molar-refractivity contribution in [1.29, 1.82) is 0 Å². The number of nitro benzene ring substituents is 1. The summed E-state index contributed by atoms with van der Waals surface area (Å²) < 4.78 is 91.1. The second-order valence-electron chi connectivity index (χ2n) is 6.78. The second-order valence-corrected chi connectivity index (χ2v) is 6.78. The third kappa shape index (κ3) is 4.68. The topological polar surface area (TPSA) is 86.2 Å². The summed E-state index contributed by atoms with van der Waals surface area (Å²) in [5.41, 5.74) is -1.42. The third-order valence-electron chi connectivity index (χ3n) is 4.35. The number of nitro groups is 1. The molecule has 0 amide bonds. The lowest BCUT2D eigenvalue weighted by Gasteiger charge is -2.19. The maximum Gasteiger partial charge on any atom is 0.455 e. The summed E-state index contributed by atoms with van der Waals surface area (Å²) in [6, 6.07) is 3.99. The Morgan fingerprint density at radius 3 is 2.41 bits per heavy atom. The van der Waals surface area contributed by atoms with Crippen LogP contribution in [0.3, 0.4) is 0 Å². The molecule has 170 valence electrons. The van der Waals surface area contributed by atoms with E-state index in [0.717, 1.165) is 30.7 Å². The van der Waals surface area contributed by atoms with Gasteiger partial charge >= 0.3 is 12.1 Å². The van der Waals surface area contributed by atoms with Crippen LogP contribution in [0.4, 0.5) is 42.2 Å². The molecule has 0 spiro atoms. The standard InChI is InChI=1S/C18H12F7N5O2/c1-16(19,20)12-3-2-10(13(5-12)30(31)32)6-26-15-4-11-7-28-29(14(11)8-27-15)9-17(21,22)18(23,24)25/h2-8H,9H2,1H3/b26-6+. The van der Waals surface area contributed by atoms with Gasteiger partial charge in [0.2, 0.25) is 0 Å². The van der Waals surface area contributed by atoms with Gasteiger partial charge in [0.1, 0.15) is 6.54 Å². The minimum atomic E-state index is -5.76. The molecule has 0 unspecified atom stereocenters. The number of aromatic nitrogens is 3. The van der Waals surface area contributed by atoms with Crippen molar-refractivity contribution in [3.05, 3.63) is 57.9 Å². The van der Waals surface area contributed by atoms with Crippen LogP contribution in [0.2, 0.25) is 0 Å². The van der Waals surface area contributed by atoms with Crippen molar-refractivity contribution in [3.63, 3.8) is 0 Å². The summed E-state index contributed by atoms with van der Waals surface area (Å²) in [7, 11) is 0. The van der Waals surface area contributed by atoms with E-state index in [0.29, 0.717) is 17.7 Å². The molecule has 2 heterocycles. The quantitative estimate of drug-likeness (QED) is 0.212. The van der Waals surface area contributed by atoms with Crippen LogP contribution in [0.15, 0.2) is 41.7 Å². The zero-order chi connectivity index (χ0) is 23.9. The highest BCUT2D eigenvalue weighted by molar-refractivity contribution is 5.88. The monoisotopic (exact) mass is 463 g/mol. The zero-order valence-electron chi connectivity index (χ0n) is 15.9. The molecule has 0 saturated carbocycles. The Labute approximate surface area is 174 Å². The molecule has 3 rings (SSSR count). The van der Waals surface area contributed by atoms with Gasteiger partial charge in [0, 0.05) is 30.2 Å². The molecule has 32 heavy (non-hydrogen) atoms. The van der Waals surface area contributed by atoms with Crippen LogP contribution in [0.5, 0.6) is 0 Å². The number of aliphatic imine (C=N–C) groups is 1. The van der Waals surface area contributed by atoms with E-state index in [9.17, 15) is 40.8 Å². The van der Waals surface area contributed by atoms with Crippen molar-refractivity contribution in [2.45, 2.75) is 31.5 Å². The molecule has 0 fully saturated rings. The van der Waals surface area contributed by atoms with Gasteiger partial charge in [-0.3, -0.25) is 14.8 Å². The summed E-state index contributed by atoms with van der Waals surface area (Å²) >= 11 is 0. The van der Waals surface area contributed by atoms with Crippen LogP contribution in [-0.4, -0.2) is 38.0 Å². The lowest BCUT2D eigenvalue weighted by Crippen LogP contribution is -2.40. The average molecular weight is 463 g/mol. The lowest BCUT2D eigenvalue weighted by atomic mass is 10.1. The van der Waals surface area contributed by atoms with E-state index in [-0.39, 0.29) is 22.3 Å². The molecule has 14 heteroatoms. The predicted molar refractivity (Wildman–Crippen MR) is 98.4 cm³/mol. The number of fused-ring (bicyclic) bond motifs is 1. The van der Waals surface area contributed by atoms with Crippen molar-refractivity contribution in [3.8, 4) is 0 Å². The van der Waals surface area contributed by atoms with Crippen molar-refractivity contribution < 1.29 is 35.7 Å². The molecule has 0 aliphatic heterocycles. The molecule has 0 N–H and O–H groups in total. The predicted octanol–water partition coefficient (Wildman–Crippen LogP) is 5.40. The maximum absolute atomic E-state index is 13.4. The van der Waals surface area contributed by atoms with Crippen molar-refractivity contribution in [2.24, 2.45) is 4.99 Å². The first-order chi connectivity index (χ1) is 14.7. The van der Waals surface area contributed by atoms with Gasteiger partial charge in [0.25, 0.3) is 11.6 Å². The van der Waals surface area contributed by atoms with Gasteiger partial charge < -0.3 is 0 Å². The van der Waals surface area contributed by atoms with E-state index < -0.39 is 40.7 Å². The molecule has 3 aromatic rings. The highest BCUT2D eigenvalue weighted by atomic mass is 19.4. The number of nitrogens with zero attached hydrogens (tertiary/aromatic N) is 5. The fraction of sp³-hybridized carbons (Fsp3) is 0.278. The highest BCUT2D eigenvalue weighted by Crippen LogP contribution is 2.37. The van der Waals surface area contributed by atoms with Crippen molar-refractivity contribution in [1.82, 2.24) is 14.8 Å². The minimum absolute atomic E-state index is 0.0705. The number of benzene rings is 1. The molecule has 0 atom stereocenters. The Balaban J connectivity index is 1.90. The molecule has 1 aromatic carbocycles. The number of halogens is 7. The first-order valence-corrected chi connectivity index (χ1v) is 8.66. The summed E-state index contributed by atoms with van der Waals surface area (Å²) in [5, 5.41) is 14.9. The molecule has 0 saturated heterocycles. The van der Waals surface area contributed by atoms with Crippen LogP contribution >= 0.6 is 0 Å². The van der Waals surface area contributed by atoms with E-state index in [1.165, 1.54) is 6.07 Å². The van der Waals surface area contributed by atoms with Gasteiger partial charge in [-0.25, -0.2) is 18.8 Å². The summed E-state index contributed by atoms with van der Waals surface area (Å²) in [6.07, 6.45) is -2.76. The number of pyridine rings is 1. The molecule has 0 radical (unpaired) electrons. The normalized spacial score (nSPS) is 13.2. The molecule has 0 aliphatic carbocycles. The van der Waals surface area contributed by atoms with E-state index in [2.05, 4.69) is 15.1 Å². The van der Waals surface area contributed by atoms with Gasteiger partial charge in [-0.1, -0.05) is 6.07 Å². The number of hydrogen-bond acceptors (Lipinski definition) is 5. The van der Waals surface area contributed by atoms with Gasteiger partial charge in [0.15, 0.2) is 5.82 Å². The first-order valence-electron chi connectivity index (χ1n) is 8.66. The fourth-order valence-electron chi connectivity index (χ4n) is 2.66. The van der Waals surface area contributed by atoms with Crippen molar-refractivity contribution >= 4 is 28.6 Å². The SMILES string of the molecule is CC(F)(F)c1ccc(/C=N/c2cc3cnn(CC(F)(F)C(F)(F)F)c3cn2)c([N+](=O)[O-])c1. The molecule has 0 aliphatic rings. The van der Waals surface area contributed by atoms with Crippen molar-refractivity contribution in [2.75, 3.05) is 0 Å². The van der Waals surface area contributed by atoms with Gasteiger partial charge in [0.05, 0.1) is 28.4 Å². The van der Waals surface area contributed by atoms with E-state index in [1.54, 1.807) is 0 Å². The second kappa shape index (κ2) is 7.84. The Kier molecular flexibility index (Phi) is 5.65. The third-order valence-corrected chi connectivity index (χ3v) is 4.35. The largest absolute Gasteiger partial charge is 0.455 e. The van der Waals surface area contributed by atoms with Crippen LogP contribution in [0.1, 0.15) is 18.1 Å². The van der Waals surface area contributed by atoms with Crippen LogP contribution in [-0.2, 0) is 12.5 Å². The minimum Gasteiger partial charge on any atom is -0.258 e. The number of alkyl halides is 7. The fourth-order valence-corrected chi connectivity index (χ4v) is 2.66. The van der Waals surface area contributed by atoms with E-state index >= 15 is 0 Å². The zero-order valence-corrected chi connectivity index (χ0v) is 15.9. The van der Waals surface area contributed by atoms with Gasteiger partial charge in [-0.2, -0.15) is 27.1 Å². The lowest BCUT2D eigenvalue weighted by molar-refractivity contribution is -0.385.